The summed E-state index contributed by atoms with van der Waals surface area (Å²) >= 11 is 3.38. The Hall–Kier alpha value is -1.56. The zero-order valence-electron chi connectivity index (χ0n) is 11.7. The molecule has 1 aromatic carbocycles. The smallest absolute Gasteiger partial charge is 0.323 e. The Morgan fingerprint density at radius 2 is 2.05 bits per heavy atom. The van der Waals surface area contributed by atoms with Gasteiger partial charge in [0, 0.05) is 24.6 Å². The number of carbonyl (C=O) groups is 2. The monoisotopic (exact) mass is 342 g/mol. The maximum atomic E-state index is 12.2. The lowest BCUT2D eigenvalue weighted by Crippen LogP contribution is -2.43. The van der Waals surface area contributed by atoms with Crippen molar-refractivity contribution in [2.45, 2.75) is 19.9 Å². The van der Waals surface area contributed by atoms with Crippen molar-refractivity contribution in [3.8, 4) is 0 Å². The number of hydrogen-bond acceptors (Lipinski definition) is 2. The minimum Gasteiger partial charge on any atom is -0.480 e. The van der Waals surface area contributed by atoms with E-state index in [9.17, 15) is 9.59 Å². The van der Waals surface area contributed by atoms with Crippen molar-refractivity contribution >= 4 is 27.9 Å². The van der Waals surface area contributed by atoms with E-state index in [1.807, 2.05) is 31.2 Å². The van der Waals surface area contributed by atoms with Crippen LogP contribution in [0.15, 0.2) is 28.7 Å². The fourth-order valence-electron chi connectivity index (χ4n) is 1.89. The summed E-state index contributed by atoms with van der Waals surface area (Å²) in [4.78, 5) is 25.9. The van der Waals surface area contributed by atoms with Crippen molar-refractivity contribution < 1.29 is 14.7 Å². The third-order valence-electron chi connectivity index (χ3n) is 2.73. The Labute approximate surface area is 127 Å². The van der Waals surface area contributed by atoms with Gasteiger partial charge in [-0.25, -0.2) is 4.79 Å². The van der Waals surface area contributed by atoms with Gasteiger partial charge in [-0.3, -0.25) is 4.79 Å². The molecule has 0 atom stereocenters. The number of carbonyl (C=O) groups excluding carboxylic acids is 1. The molecular formula is C14H19BrN2O3. The van der Waals surface area contributed by atoms with Gasteiger partial charge in [-0.2, -0.15) is 0 Å². The average Bonchev–Trinajstić information content (AvgIpc) is 2.36. The number of carboxylic acids is 1. The Kier molecular flexibility index (Phi) is 6.51. The van der Waals surface area contributed by atoms with Gasteiger partial charge in [-0.1, -0.05) is 35.0 Å². The highest BCUT2D eigenvalue weighted by Crippen LogP contribution is 2.13. The fraction of sp³-hybridized carbons (Fsp3) is 0.429. The van der Waals surface area contributed by atoms with Crippen LogP contribution in [0.2, 0.25) is 0 Å². The van der Waals surface area contributed by atoms with Crippen LogP contribution in [0.5, 0.6) is 0 Å². The van der Waals surface area contributed by atoms with E-state index < -0.39 is 5.97 Å². The zero-order valence-corrected chi connectivity index (χ0v) is 13.3. The molecule has 0 unspecified atom stereocenters. The molecular weight excluding hydrogens is 324 g/mol. The number of hydrogen-bond donors (Lipinski definition) is 1. The van der Waals surface area contributed by atoms with E-state index in [1.165, 1.54) is 9.80 Å². The van der Waals surface area contributed by atoms with Crippen molar-refractivity contribution in [3.05, 3.63) is 34.3 Å². The first kappa shape index (κ1) is 16.5. The summed E-state index contributed by atoms with van der Waals surface area (Å²) in [6.45, 7) is 2.53. The molecule has 0 saturated heterocycles. The maximum Gasteiger partial charge on any atom is 0.323 e. The SMILES string of the molecule is CCCN(CC(=O)O)C(=O)N(C)Cc1cccc(Br)c1. The lowest BCUT2D eigenvalue weighted by Gasteiger charge is -2.26. The van der Waals surface area contributed by atoms with Gasteiger partial charge in [-0.05, 0) is 24.1 Å². The molecule has 0 bridgehead atoms. The number of amides is 2. The number of carboxylic acid groups (broad SMARTS) is 1. The second-order valence-electron chi connectivity index (χ2n) is 4.58. The van der Waals surface area contributed by atoms with E-state index in [-0.39, 0.29) is 12.6 Å². The predicted octanol–water partition coefficient (Wildman–Crippen LogP) is 2.80. The van der Waals surface area contributed by atoms with Crippen molar-refractivity contribution in [1.82, 2.24) is 9.80 Å². The summed E-state index contributed by atoms with van der Waals surface area (Å²) in [5, 5.41) is 8.85. The molecule has 20 heavy (non-hydrogen) atoms. The summed E-state index contributed by atoms with van der Waals surface area (Å²) in [6, 6.07) is 7.41. The van der Waals surface area contributed by atoms with E-state index in [0.29, 0.717) is 13.1 Å². The van der Waals surface area contributed by atoms with Crippen molar-refractivity contribution in [3.63, 3.8) is 0 Å². The van der Waals surface area contributed by atoms with Gasteiger partial charge in [0.05, 0.1) is 0 Å². The van der Waals surface area contributed by atoms with Crippen molar-refractivity contribution in [2.75, 3.05) is 20.1 Å². The third-order valence-corrected chi connectivity index (χ3v) is 3.22. The van der Waals surface area contributed by atoms with E-state index in [2.05, 4.69) is 15.9 Å². The number of benzene rings is 1. The van der Waals surface area contributed by atoms with Crippen LogP contribution in [0.4, 0.5) is 4.79 Å². The van der Waals surface area contributed by atoms with Gasteiger partial charge in [0.15, 0.2) is 0 Å². The molecule has 0 spiro atoms. The molecule has 110 valence electrons. The molecule has 0 heterocycles. The van der Waals surface area contributed by atoms with Crippen LogP contribution in [0.3, 0.4) is 0 Å². The predicted molar refractivity (Wildman–Crippen MR) is 80.5 cm³/mol. The van der Waals surface area contributed by atoms with Gasteiger partial charge in [0.2, 0.25) is 0 Å². The molecule has 0 radical (unpaired) electrons. The minimum atomic E-state index is -0.998. The first-order chi connectivity index (χ1) is 9.43. The fourth-order valence-corrected chi connectivity index (χ4v) is 2.34. The Morgan fingerprint density at radius 1 is 1.35 bits per heavy atom. The highest BCUT2D eigenvalue weighted by atomic mass is 79.9. The lowest BCUT2D eigenvalue weighted by atomic mass is 10.2. The van der Waals surface area contributed by atoms with Crippen LogP contribution < -0.4 is 0 Å². The van der Waals surface area contributed by atoms with E-state index in [4.69, 9.17) is 5.11 Å². The maximum absolute atomic E-state index is 12.2. The first-order valence-electron chi connectivity index (χ1n) is 6.40. The third kappa shape index (κ3) is 5.21. The largest absolute Gasteiger partial charge is 0.480 e. The Bertz CT molecular complexity index is 479. The average molecular weight is 343 g/mol. The molecule has 5 nitrogen and oxygen atoms in total. The molecule has 0 fully saturated rings. The van der Waals surface area contributed by atoms with E-state index in [1.54, 1.807) is 7.05 Å². The van der Waals surface area contributed by atoms with Crippen LogP contribution in [0.25, 0.3) is 0 Å². The van der Waals surface area contributed by atoms with E-state index >= 15 is 0 Å². The van der Waals surface area contributed by atoms with Crippen molar-refractivity contribution in [2.24, 2.45) is 0 Å². The standard InChI is InChI=1S/C14H19BrN2O3/c1-3-7-17(10-13(18)19)14(20)16(2)9-11-5-4-6-12(15)8-11/h4-6,8H,3,7,9-10H2,1-2H3,(H,18,19). The van der Waals surface area contributed by atoms with Crippen LogP contribution >= 0.6 is 15.9 Å². The molecule has 0 aromatic heterocycles. The van der Waals surface area contributed by atoms with Crippen LogP contribution in [-0.2, 0) is 11.3 Å². The van der Waals surface area contributed by atoms with Gasteiger partial charge in [0.25, 0.3) is 0 Å². The first-order valence-corrected chi connectivity index (χ1v) is 7.19. The highest BCUT2D eigenvalue weighted by Gasteiger charge is 2.19. The topological polar surface area (TPSA) is 60.9 Å². The van der Waals surface area contributed by atoms with Crippen LogP contribution in [0.1, 0.15) is 18.9 Å². The Balaban J connectivity index is 2.70. The van der Waals surface area contributed by atoms with Gasteiger partial charge in [-0.15, -0.1) is 0 Å². The number of nitrogens with zero attached hydrogens (tertiary/aromatic N) is 2. The number of halogens is 1. The second-order valence-corrected chi connectivity index (χ2v) is 5.50. The number of aliphatic carboxylic acids is 1. The molecule has 0 aliphatic heterocycles. The van der Waals surface area contributed by atoms with Gasteiger partial charge < -0.3 is 14.9 Å². The summed E-state index contributed by atoms with van der Waals surface area (Å²) in [6.07, 6.45) is 0.726. The zero-order chi connectivity index (χ0) is 15.1. The normalized spacial score (nSPS) is 10.2. The van der Waals surface area contributed by atoms with E-state index in [0.717, 1.165) is 16.5 Å². The molecule has 0 aliphatic carbocycles. The molecule has 2 amide bonds. The van der Waals surface area contributed by atoms with Crippen LogP contribution in [0, 0.1) is 0 Å². The summed E-state index contributed by atoms with van der Waals surface area (Å²) in [5.74, 6) is -0.998. The Morgan fingerprint density at radius 3 is 2.60 bits per heavy atom. The second kappa shape index (κ2) is 7.89. The van der Waals surface area contributed by atoms with Gasteiger partial charge >= 0.3 is 12.0 Å². The molecule has 1 rings (SSSR count). The molecule has 1 N–H and O–H groups in total. The summed E-state index contributed by atoms with van der Waals surface area (Å²) in [5.41, 5.74) is 0.988. The summed E-state index contributed by atoms with van der Waals surface area (Å²) in [7, 11) is 1.67. The lowest BCUT2D eigenvalue weighted by molar-refractivity contribution is -0.137. The quantitative estimate of drug-likeness (QED) is 0.864. The van der Waals surface area contributed by atoms with Crippen LogP contribution in [-0.4, -0.2) is 47.0 Å². The molecule has 6 heteroatoms. The number of rotatable bonds is 6. The van der Waals surface area contributed by atoms with Crippen molar-refractivity contribution in [1.29, 1.82) is 0 Å². The van der Waals surface area contributed by atoms with Gasteiger partial charge in [0.1, 0.15) is 6.54 Å². The molecule has 1 aromatic rings. The molecule has 0 aliphatic rings. The number of urea groups is 1. The summed E-state index contributed by atoms with van der Waals surface area (Å²) < 4.78 is 0.951. The molecule has 0 saturated carbocycles. The highest BCUT2D eigenvalue weighted by molar-refractivity contribution is 9.10. The minimum absolute atomic E-state index is 0.268.